The molecule has 13 nitrogen and oxygen atoms in total. The Bertz CT molecular complexity index is 609. The Morgan fingerprint density at radius 2 is 1.02 bits per heavy atom. The van der Waals surface area contributed by atoms with Crippen LogP contribution in [0.3, 0.4) is 0 Å². The molecule has 1 fully saturated rings. The van der Waals surface area contributed by atoms with Crippen LogP contribution in [0, 0.1) is 0 Å². The number of azide groups is 2. The fourth-order valence-corrected chi connectivity index (χ4v) is 3.85. The summed E-state index contributed by atoms with van der Waals surface area (Å²) in [5, 5.41) is 15.0. The van der Waals surface area contributed by atoms with Crippen LogP contribution in [0.25, 0.3) is 20.9 Å². The van der Waals surface area contributed by atoms with Crippen molar-refractivity contribution in [2.45, 2.75) is 64.2 Å². The zero-order valence-electron chi connectivity index (χ0n) is 28.5. The van der Waals surface area contributed by atoms with Gasteiger partial charge in [-0.3, -0.25) is 0 Å². The number of aliphatic hydroxyl groups excluding tert-OH is 1. The average molecular weight is 812 g/mol. The molecule has 0 saturated carbocycles. The molecule has 0 spiro atoms. The number of nitrogens with zero attached hydrogens (tertiary/aromatic N) is 6. The molecule has 0 aromatic carbocycles. The van der Waals surface area contributed by atoms with E-state index in [0.717, 1.165) is 44.4 Å². The first-order valence-corrected chi connectivity index (χ1v) is 18.1. The largest absolute Gasteiger partial charge is 1.00 e. The predicted molar refractivity (Wildman–Crippen MR) is 188 cm³/mol. The van der Waals surface area contributed by atoms with E-state index in [2.05, 4.69) is 42.6 Å². The minimum Gasteiger partial charge on any atom is -1.00 e. The van der Waals surface area contributed by atoms with E-state index in [1.54, 1.807) is 0 Å². The second-order valence-electron chi connectivity index (χ2n) is 8.91. The van der Waals surface area contributed by atoms with Crippen molar-refractivity contribution in [2.75, 3.05) is 115 Å². The van der Waals surface area contributed by atoms with Crippen LogP contribution < -0.4 is 29.6 Å². The van der Waals surface area contributed by atoms with E-state index in [1.807, 2.05) is 0 Å². The van der Waals surface area contributed by atoms with Gasteiger partial charge in [-0.25, -0.2) is 0 Å². The Hall–Kier alpha value is 0.650. The van der Waals surface area contributed by atoms with Crippen LogP contribution in [0.4, 0.5) is 0 Å². The summed E-state index contributed by atoms with van der Waals surface area (Å²) in [6.07, 6.45) is 12.3. The molecule has 1 aliphatic heterocycles. The summed E-state index contributed by atoms with van der Waals surface area (Å²) in [5.74, 6) is 1.58. The van der Waals surface area contributed by atoms with Crippen molar-refractivity contribution in [3.05, 3.63) is 20.9 Å². The van der Waals surface area contributed by atoms with Crippen LogP contribution in [0.15, 0.2) is 10.2 Å². The Morgan fingerprint density at radius 1 is 0.622 bits per heavy atom. The van der Waals surface area contributed by atoms with Crippen LogP contribution in [-0.4, -0.2) is 120 Å². The Morgan fingerprint density at radius 3 is 1.40 bits per heavy atom. The zero-order valence-corrected chi connectivity index (χ0v) is 33.2. The summed E-state index contributed by atoms with van der Waals surface area (Å²) < 4.78 is 32.1. The van der Waals surface area contributed by atoms with Crippen molar-refractivity contribution in [2.24, 2.45) is 10.2 Å². The fourth-order valence-electron chi connectivity index (χ4n) is 2.93. The van der Waals surface area contributed by atoms with Crippen LogP contribution in [0.2, 0.25) is 0 Å². The first-order chi connectivity index (χ1) is 21.7. The van der Waals surface area contributed by atoms with Gasteiger partial charge in [0.2, 0.25) is 0 Å². The molecule has 264 valence electrons. The number of halogens is 3. The van der Waals surface area contributed by atoms with Crippen molar-refractivity contribution >= 4 is 45.8 Å². The SMILES string of the molecule is C1CCOC1.ClCCCCCCI.[H-].[N-]=[N+]=NCCOCCOCCO.[N-]=[N+]=NCCOCCOCCOCCCCCCCl.[Na+]. The summed E-state index contributed by atoms with van der Waals surface area (Å²) >= 11 is 13.5. The van der Waals surface area contributed by atoms with Gasteiger partial charge in [-0.2, -0.15) is 0 Å². The molecule has 0 amide bonds. The van der Waals surface area contributed by atoms with Gasteiger partial charge in [-0.1, -0.05) is 58.5 Å². The fraction of sp³-hybridized carbons (Fsp3) is 1.00. The molecule has 0 unspecified atom stereocenters. The molecule has 1 rings (SSSR count). The number of ether oxygens (including phenoxy) is 6. The van der Waals surface area contributed by atoms with E-state index in [4.69, 9.17) is 67.8 Å². The minimum atomic E-state index is 0. The predicted octanol–water partition coefficient (Wildman–Crippen LogP) is 4.60. The first kappa shape index (κ1) is 52.5. The second kappa shape index (κ2) is 56.9. The monoisotopic (exact) mass is 810 g/mol. The molecule has 0 aliphatic carbocycles. The third-order valence-electron chi connectivity index (χ3n) is 5.17. The molecular weight excluding hydrogens is 753 g/mol. The summed E-state index contributed by atoms with van der Waals surface area (Å²) in [5.41, 5.74) is 15.9. The minimum absolute atomic E-state index is 0. The summed E-state index contributed by atoms with van der Waals surface area (Å²) in [6, 6.07) is 0. The smallest absolute Gasteiger partial charge is 1.00 e. The third kappa shape index (κ3) is 63.9. The molecule has 0 aromatic heterocycles. The number of alkyl halides is 3. The van der Waals surface area contributed by atoms with E-state index in [1.165, 1.54) is 55.8 Å². The van der Waals surface area contributed by atoms with Crippen LogP contribution in [0.5, 0.6) is 0 Å². The maximum atomic E-state index is 8.32. The van der Waals surface area contributed by atoms with Gasteiger partial charge in [0.25, 0.3) is 0 Å². The van der Waals surface area contributed by atoms with Gasteiger partial charge < -0.3 is 35.0 Å². The average Bonchev–Trinajstić information content (AvgIpc) is 3.64. The van der Waals surface area contributed by atoms with Gasteiger partial charge in [0.05, 0.1) is 66.1 Å². The Kier molecular flexibility index (Phi) is 66.4. The number of rotatable bonds is 28. The number of hydrogen-bond donors (Lipinski definition) is 1. The van der Waals surface area contributed by atoms with Gasteiger partial charge in [-0.05, 0) is 54.0 Å². The Labute approximate surface area is 318 Å². The van der Waals surface area contributed by atoms with Gasteiger partial charge in [0, 0.05) is 54.5 Å². The third-order valence-corrected chi connectivity index (χ3v) is 6.46. The molecule has 45 heavy (non-hydrogen) atoms. The van der Waals surface area contributed by atoms with Crippen molar-refractivity contribution in [3.63, 3.8) is 0 Å². The van der Waals surface area contributed by atoms with Gasteiger partial charge >= 0.3 is 29.6 Å². The molecule has 1 N–H and O–H groups in total. The van der Waals surface area contributed by atoms with Crippen molar-refractivity contribution in [1.29, 1.82) is 0 Å². The molecule has 0 aromatic rings. The van der Waals surface area contributed by atoms with Crippen LogP contribution in [0.1, 0.15) is 65.6 Å². The molecule has 1 aliphatic rings. The molecule has 17 heteroatoms. The van der Waals surface area contributed by atoms with Gasteiger partial charge in [-0.15, -0.1) is 23.2 Å². The van der Waals surface area contributed by atoms with E-state index in [-0.39, 0.29) is 37.6 Å². The maximum Gasteiger partial charge on any atom is 1.00 e. The molecule has 0 atom stereocenters. The topological polar surface area (TPSA) is 173 Å². The maximum absolute atomic E-state index is 8.32. The Balaban J connectivity index is -0.000000177. The summed E-state index contributed by atoms with van der Waals surface area (Å²) in [7, 11) is 0. The second-order valence-corrected chi connectivity index (χ2v) is 10.7. The van der Waals surface area contributed by atoms with Gasteiger partial charge in [0.1, 0.15) is 0 Å². The molecule has 0 radical (unpaired) electrons. The standard InChI is InChI=1S/C12H24ClN3O3.C6H12ClI.C6H13N3O3.C4H8O.Na.H/c13-5-3-1-2-4-7-17-9-11-19-12-10-18-8-6-15-16-14;7-5-3-1-2-4-6-8;7-9-8-1-3-11-5-6-12-4-2-10;1-2-4-5-3-1;;/h1-12H2;1-6H2;10H,1-6H2;1-4H2;;/q;;;;+1;-1. The summed E-state index contributed by atoms with van der Waals surface area (Å²) in [6.45, 7) is 7.87. The van der Waals surface area contributed by atoms with Gasteiger partial charge in [0.15, 0.2) is 0 Å². The number of aliphatic hydroxyl groups is 1. The number of unbranched alkanes of at least 4 members (excludes halogenated alkanes) is 6. The molecule has 1 heterocycles. The van der Waals surface area contributed by atoms with E-state index in [0.29, 0.717) is 72.6 Å². The van der Waals surface area contributed by atoms with E-state index < -0.39 is 0 Å². The summed E-state index contributed by atoms with van der Waals surface area (Å²) in [4.78, 5) is 5.19. The quantitative estimate of drug-likeness (QED) is 0.0229. The van der Waals surface area contributed by atoms with Crippen molar-refractivity contribution in [3.8, 4) is 0 Å². The first-order valence-electron chi connectivity index (χ1n) is 15.5. The normalized spacial score (nSPS) is 11.3. The van der Waals surface area contributed by atoms with Crippen molar-refractivity contribution < 1.29 is 64.5 Å². The molecule has 1 saturated heterocycles. The molecular formula is C28H58Cl2IN6NaO7. The molecule has 0 bridgehead atoms. The van der Waals surface area contributed by atoms with Crippen LogP contribution >= 0.6 is 45.8 Å². The van der Waals surface area contributed by atoms with Crippen molar-refractivity contribution in [1.82, 2.24) is 0 Å². The van der Waals surface area contributed by atoms with E-state index in [9.17, 15) is 0 Å². The number of hydrogen-bond acceptors (Lipinski definition) is 9. The van der Waals surface area contributed by atoms with E-state index >= 15 is 0 Å². The van der Waals surface area contributed by atoms with Crippen LogP contribution in [-0.2, 0) is 28.4 Å². The zero-order chi connectivity index (χ0) is 32.9.